The van der Waals surface area contributed by atoms with Gasteiger partial charge in [-0.15, -0.1) is 0 Å². The largest absolute Gasteiger partial charge is 0.472 e. The molecule has 2 aromatic rings. The van der Waals surface area contributed by atoms with E-state index in [0.29, 0.717) is 18.1 Å². The Balaban J connectivity index is 1.65. The number of aromatic nitrogens is 1. The van der Waals surface area contributed by atoms with Gasteiger partial charge in [-0.1, -0.05) is 15.9 Å². The predicted molar refractivity (Wildman–Crippen MR) is 90.9 cm³/mol. The van der Waals surface area contributed by atoms with E-state index in [0.717, 1.165) is 28.8 Å². The summed E-state index contributed by atoms with van der Waals surface area (Å²) in [7, 11) is 0. The highest BCUT2D eigenvalue weighted by Gasteiger charge is 2.18. The molecule has 1 fully saturated rings. The smallest absolute Gasteiger partial charge is 0.257 e. The second kappa shape index (κ2) is 7.10. The van der Waals surface area contributed by atoms with Gasteiger partial charge in [0.25, 0.3) is 5.91 Å². The number of carbonyl (C=O) groups excluding carboxylic acids is 1. The number of ether oxygens (including phenoxy) is 2. The molecule has 6 heteroatoms. The fraction of sp³-hybridized carbons (Fsp3) is 0.294. The quantitative estimate of drug-likeness (QED) is 0.885. The van der Waals surface area contributed by atoms with Crippen LogP contribution in [0.5, 0.6) is 5.88 Å². The van der Waals surface area contributed by atoms with E-state index in [1.165, 1.54) is 6.20 Å². The van der Waals surface area contributed by atoms with Gasteiger partial charge in [0.15, 0.2) is 0 Å². The van der Waals surface area contributed by atoms with Crippen molar-refractivity contribution in [1.82, 2.24) is 4.98 Å². The normalized spacial score (nSPS) is 17.0. The molecule has 23 heavy (non-hydrogen) atoms. The Hall–Kier alpha value is -1.92. The van der Waals surface area contributed by atoms with Gasteiger partial charge in [0.2, 0.25) is 5.88 Å². The average Bonchev–Trinajstić information content (AvgIpc) is 3.04. The molecule has 0 spiro atoms. The van der Waals surface area contributed by atoms with E-state index in [1.54, 1.807) is 12.1 Å². The van der Waals surface area contributed by atoms with Crippen molar-refractivity contribution in [3.8, 4) is 5.88 Å². The first-order valence-electron chi connectivity index (χ1n) is 7.40. The molecular weight excluding hydrogens is 360 g/mol. The molecule has 1 N–H and O–H groups in total. The number of nitrogens with one attached hydrogen (secondary N) is 1. The fourth-order valence-electron chi connectivity index (χ4n) is 2.32. The van der Waals surface area contributed by atoms with Crippen LogP contribution in [0, 0.1) is 6.92 Å². The SMILES string of the molecule is Cc1cc(Br)ccc1NC(=O)c1ccc(OC2CCOC2)nc1. The molecule has 3 rings (SSSR count). The molecule has 120 valence electrons. The van der Waals surface area contributed by atoms with Gasteiger partial charge in [0.1, 0.15) is 6.10 Å². The van der Waals surface area contributed by atoms with Gasteiger partial charge >= 0.3 is 0 Å². The van der Waals surface area contributed by atoms with Crippen molar-refractivity contribution in [2.24, 2.45) is 0 Å². The lowest BCUT2D eigenvalue weighted by Gasteiger charge is -2.11. The average molecular weight is 377 g/mol. The topological polar surface area (TPSA) is 60.5 Å². The van der Waals surface area contributed by atoms with Crippen LogP contribution >= 0.6 is 15.9 Å². The lowest BCUT2D eigenvalue weighted by Crippen LogP contribution is -2.17. The van der Waals surface area contributed by atoms with Crippen molar-refractivity contribution in [3.63, 3.8) is 0 Å². The molecule has 0 bridgehead atoms. The van der Waals surface area contributed by atoms with Crippen LogP contribution in [0.25, 0.3) is 0 Å². The van der Waals surface area contributed by atoms with Gasteiger partial charge in [-0.2, -0.15) is 0 Å². The summed E-state index contributed by atoms with van der Waals surface area (Å²) in [5.74, 6) is 0.315. The summed E-state index contributed by atoms with van der Waals surface area (Å²) in [6.45, 7) is 3.25. The summed E-state index contributed by atoms with van der Waals surface area (Å²) in [4.78, 5) is 16.5. The van der Waals surface area contributed by atoms with Gasteiger partial charge in [-0.05, 0) is 36.8 Å². The maximum Gasteiger partial charge on any atom is 0.257 e. The van der Waals surface area contributed by atoms with E-state index in [4.69, 9.17) is 9.47 Å². The number of carbonyl (C=O) groups is 1. The lowest BCUT2D eigenvalue weighted by atomic mass is 10.2. The number of anilines is 1. The van der Waals surface area contributed by atoms with E-state index in [-0.39, 0.29) is 12.0 Å². The molecule has 1 aliphatic heterocycles. The highest BCUT2D eigenvalue weighted by Crippen LogP contribution is 2.21. The van der Waals surface area contributed by atoms with Crippen LogP contribution in [0.3, 0.4) is 0 Å². The number of aryl methyl sites for hydroxylation is 1. The number of rotatable bonds is 4. The van der Waals surface area contributed by atoms with Crippen LogP contribution in [0.15, 0.2) is 41.0 Å². The molecule has 1 aromatic carbocycles. The fourth-order valence-corrected chi connectivity index (χ4v) is 2.80. The molecule has 1 aliphatic rings. The number of halogens is 1. The van der Waals surface area contributed by atoms with E-state index in [1.807, 2.05) is 25.1 Å². The van der Waals surface area contributed by atoms with Crippen LogP contribution in [-0.2, 0) is 4.74 Å². The molecule has 0 radical (unpaired) electrons. The van der Waals surface area contributed by atoms with Crippen LogP contribution in [0.4, 0.5) is 5.69 Å². The minimum absolute atomic E-state index is 0.0487. The van der Waals surface area contributed by atoms with Gasteiger partial charge in [0, 0.05) is 28.8 Å². The zero-order valence-corrected chi connectivity index (χ0v) is 14.3. The standard InChI is InChI=1S/C17H17BrN2O3/c1-11-8-13(18)3-4-15(11)20-17(21)12-2-5-16(19-9-12)23-14-6-7-22-10-14/h2-5,8-9,14H,6-7,10H2,1H3,(H,20,21). The number of pyridine rings is 1. The maximum atomic E-state index is 12.3. The van der Waals surface area contributed by atoms with Crippen molar-refractivity contribution < 1.29 is 14.3 Å². The Morgan fingerprint density at radius 1 is 1.39 bits per heavy atom. The van der Waals surface area contributed by atoms with Crippen LogP contribution in [0.1, 0.15) is 22.3 Å². The molecule has 2 heterocycles. The van der Waals surface area contributed by atoms with Crippen LogP contribution < -0.4 is 10.1 Å². The molecule has 0 aliphatic carbocycles. The first kappa shape index (κ1) is 16.0. The molecule has 0 saturated carbocycles. The molecule has 1 amide bonds. The zero-order valence-electron chi connectivity index (χ0n) is 12.7. The first-order chi connectivity index (χ1) is 11.1. The van der Waals surface area contributed by atoms with Crippen molar-refractivity contribution >= 4 is 27.5 Å². The Morgan fingerprint density at radius 2 is 2.26 bits per heavy atom. The summed E-state index contributed by atoms with van der Waals surface area (Å²) in [5.41, 5.74) is 2.26. The monoisotopic (exact) mass is 376 g/mol. The Bertz CT molecular complexity index is 697. The van der Waals surface area contributed by atoms with Gasteiger partial charge in [0.05, 0.1) is 18.8 Å². The summed E-state index contributed by atoms with van der Waals surface area (Å²) in [5, 5.41) is 2.89. The highest BCUT2D eigenvalue weighted by atomic mass is 79.9. The Kier molecular flexibility index (Phi) is 4.93. The molecular formula is C17H17BrN2O3. The minimum Gasteiger partial charge on any atom is -0.472 e. The van der Waals surface area contributed by atoms with Crippen LogP contribution in [0.2, 0.25) is 0 Å². The van der Waals surface area contributed by atoms with Crippen molar-refractivity contribution in [1.29, 1.82) is 0 Å². The summed E-state index contributed by atoms with van der Waals surface area (Å²) < 4.78 is 11.9. The minimum atomic E-state index is -0.196. The first-order valence-corrected chi connectivity index (χ1v) is 8.19. The van der Waals surface area contributed by atoms with Crippen molar-refractivity contribution in [2.75, 3.05) is 18.5 Å². The second-order valence-electron chi connectivity index (χ2n) is 5.40. The predicted octanol–water partition coefficient (Wildman–Crippen LogP) is 3.57. The highest BCUT2D eigenvalue weighted by molar-refractivity contribution is 9.10. The molecule has 1 unspecified atom stereocenters. The van der Waals surface area contributed by atoms with Gasteiger partial charge in [-0.25, -0.2) is 4.98 Å². The molecule has 1 saturated heterocycles. The third kappa shape index (κ3) is 4.09. The van der Waals surface area contributed by atoms with E-state index in [2.05, 4.69) is 26.2 Å². The van der Waals surface area contributed by atoms with Crippen LogP contribution in [-0.4, -0.2) is 30.2 Å². The molecule has 1 atom stereocenters. The Morgan fingerprint density at radius 3 is 2.91 bits per heavy atom. The molecule has 5 nitrogen and oxygen atoms in total. The maximum absolute atomic E-state index is 12.3. The number of benzene rings is 1. The number of hydrogen-bond acceptors (Lipinski definition) is 4. The van der Waals surface area contributed by atoms with Crippen molar-refractivity contribution in [3.05, 3.63) is 52.1 Å². The lowest BCUT2D eigenvalue weighted by molar-refractivity contribution is 0.102. The van der Waals surface area contributed by atoms with Gasteiger partial charge in [-0.3, -0.25) is 4.79 Å². The Labute approximate surface area is 143 Å². The third-order valence-electron chi connectivity index (χ3n) is 3.61. The van der Waals surface area contributed by atoms with E-state index >= 15 is 0 Å². The van der Waals surface area contributed by atoms with Crippen molar-refractivity contribution in [2.45, 2.75) is 19.4 Å². The summed E-state index contributed by atoms with van der Waals surface area (Å²) in [6, 6.07) is 9.13. The zero-order chi connectivity index (χ0) is 16.2. The van der Waals surface area contributed by atoms with Gasteiger partial charge < -0.3 is 14.8 Å². The van der Waals surface area contributed by atoms with E-state index < -0.39 is 0 Å². The molecule has 1 aromatic heterocycles. The number of amides is 1. The summed E-state index contributed by atoms with van der Waals surface area (Å²) in [6.07, 6.45) is 2.44. The number of nitrogens with zero attached hydrogens (tertiary/aromatic N) is 1. The second-order valence-corrected chi connectivity index (χ2v) is 6.32. The number of hydrogen-bond donors (Lipinski definition) is 1. The van der Waals surface area contributed by atoms with E-state index in [9.17, 15) is 4.79 Å². The third-order valence-corrected chi connectivity index (χ3v) is 4.10. The summed E-state index contributed by atoms with van der Waals surface area (Å²) >= 11 is 3.41.